The average molecular weight is 476 g/mol. The lowest BCUT2D eigenvalue weighted by atomic mass is 9.96. The summed E-state index contributed by atoms with van der Waals surface area (Å²) in [5.74, 6) is -1.95. The maximum Gasteiger partial charge on any atom is 0.354 e. The minimum atomic E-state index is -1.69. The lowest BCUT2D eigenvalue weighted by Gasteiger charge is -2.48. The summed E-state index contributed by atoms with van der Waals surface area (Å²) >= 11 is 0. The Labute approximate surface area is 201 Å². The van der Waals surface area contributed by atoms with Gasteiger partial charge in [0.05, 0.1) is 17.9 Å². The molecule has 0 spiro atoms. The molecule has 0 saturated carbocycles. The van der Waals surface area contributed by atoms with Crippen molar-refractivity contribution in [2.75, 3.05) is 31.8 Å². The summed E-state index contributed by atoms with van der Waals surface area (Å²) in [6.07, 6.45) is 0.100. The average Bonchev–Trinajstić information content (AvgIpc) is 3.40. The first-order valence-electron chi connectivity index (χ1n) is 11.3. The summed E-state index contributed by atoms with van der Waals surface area (Å²) in [7, 11) is 1.49. The number of para-hydroxylation sites is 2. The maximum atomic E-state index is 13.6. The van der Waals surface area contributed by atoms with E-state index in [0.29, 0.717) is 22.4 Å². The standard InChI is InChI=1S/C26H24N2O7/c1-16-17-7-4-6-10-21(17)35-23(16)20(29)15-34-25(32)26-12-11-22(30)28(26)19-9-5-3-8-18(19)24(31)27(26)13-14-33-2/h3-10H,11-15H2,1-2H3. The Hall–Kier alpha value is -3.98. The second-order valence-electron chi connectivity index (χ2n) is 8.56. The third-order valence-corrected chi connectivity index (χ3v) is 6.65. The molecule has 0 radical (unpaired) electrons. The highest BCUT2D eigenvalue weighted by Crippen LogP contribution is 2.45. The first kappa shape index (κ1) is 22.8. The molecule has 35 heavy (non-hydrogen) atoms. The molecule has 1 aromatic heterocycles. The van der Waals surface area contributed by atoms with E-state index in [2.05, 4.69) is 0 Å². The molecule has 180 valence electrons. The molecule has 2 aliphatic heterocycles. The molecule has 2 aliphatic rings. The second-order valence-corrected chi connectivity index (χ2v) is 8.56. The molecular weight excluding hydrogens is 452 g/mol. The second kappa shape index (κ2) is 8.66. The van der Waals surface area contributed by atoms with Crippen LogP contribution in [0.4, 0.5) is 5.69 Å². The Balaban J connectivity index is 1.47. The van der Waals surface area contributed by atoms with Gasteiger partial charge >= 0.3 is 5.97 Å². The van der Waals surface area contributed by atoms with Crippen LogP contribution in [-0.4, -0.2) is 61.0 Å². The number of furan rings is 1. The van der Waals surface area contributed by atoms with Crippen LogP contribution >= 0.6 is 0 Å². The number of esters is 1. The van der Waals surface area contributed by atoms with Gasteiger partial charge in [0, 0.05) is 37.4 Å². The van der Waals surface area contributed by atoms with Gasteiger partial charge in [-0.25, -0.2) is 4.79 Å². The summed E-state index contributed by atoms with van der Waals surface area (Å²) in [6.45, 7) is 1.40. The van der Waals surface area contributed by atoms with Gasteiger partial charge in [-0.05, 0) is 25.1 Å². The zero-order valence-electron chi connectivity index (χ0n) is 19.4. The summed E-state index contributed by atoms with van der Waals surface area (Å²) in [5, 5.41) is 0.800. The van der Waals surface area contributed by atoms with Crippen LogP contribution in [0.5, 0.6) is 0 Å². The van der Waals surface area contributed by atoms with Gasteiger partial charge < -0.3 is 18.8 Å². The van der Waals surface area contributed by atoms with Crippen LogP contribution in [0.15, 0.2) is 52.9 Å². The normalized spacial score (nSPS) is 19.1. The highest BCUT2D eigenvalue weighted by atomic mass is 16.5. The van der Waals surface area contributed by atoms with Crippen LogP contribution in [0.2, 0.25) is 0 Å². The fourth-order valence-electron chi connectivity index (χ4n) is 4.99. The van der Waals surface area contributed by atoms with E-state index in [4.69, 9.17) is 13.9 Å². The smallest absolute Gasteiger partial charge is 0.354 e. The number of methoxy groups -OCH3 is 1. The molecule has 5 rings (SSSR count). The first-order valence-corrected chi connectivity index (χ1v) is 11.3. The molecule has 9 heteroatoms. The topological polar surface area (TPSA) is 106 Å². The number of hydrogen-bond acceptors (Lipinski definition) is 7. The largest absolute Gasteiger partial charge is 0.454 e. The molecule has 0 aliphatic carbocycles. The van der Waals surface area contributed by atoms with Crippen molar-refractivity contribution in [3.63, 3.8) is 0 Å². The number of anilines is 1. The molecule has 0 bridgehead atoms. The molecule has 2 aromatic carbocycles. The van der Waals surface area contributed by atoms with Gasteiger partial charge in [0.1, 0.15) is 5.58 Å². The number of nitrogens with zero attached hydrogens (tertiary/aromatic N) is 2. The lowest BCUT2D eigenvalue weighted by molar-refractivity contribution is -0.156. The number of ether oxygens (including phenoxy) is 2. The van der Waals surface area contributed by atoms with Crippen LogP contribution < -0.4 is 4.90 Å². The number of carbonyl (C=O) groups excluding carboxylic acids is 4. The predicted molar refractivity (Wildman–Crippen MR) is 125 cm³/mol. The molecule has 1 fully saturated rings. The number of hydrogen-bond donors (Lipinski definition) is 0. The van der Waals surface area contributed by atoms with Crippen molar-refractivity contribution in [1.29, 1.82) is 0 Å². The van der Waals surface area contributed by atoms with Gasteiger partial charge in [-0.1, -0.05) is 30.3 Å². The number of ketones is 1. The van der Waals surface area contributed by atoms with Crippen molar-refractivity contribution in [1.82, 2.24) is 4.90 Å². The van der Waals surface area contributed by atoms with Crippen LogP contribution in [0.3, 0.4) is 0 Å². The number of fused-ring (bicyclic) bond motifs is 4. The SMILES string of the molecule is COCCN1C(=O)c2ccccc2N2C(=O)CCC12C(=O)OCC(=O)c1oc2ccccc2c1C. The molecule has 2 amide bonds. The first-order chi connectivity index (χ1) is 16.9. The van der Waals surface area contributed by atoms with Crippen molar-refractivity contribution >= 4 is 40.2 Å². The van der Waals surface area contributed by atoms with Gasteiger partial charge in [-0.2, -0.15) is 0 Å². The molecular formula is C26H24N2O7. The minimum Gasteiger partial charge on any atom is -0.454 e. The maximum absolute atomic E-state index is 13.6. The van der Waals surface area contributed by atoms with E-state index >= 15 is 0 Å². The number of rotatable bonds is 7. The van der Waals surface area contributed by atoms with E-state index < -0.39 is 29.9 Å². The third-order valence-electron chi connectivity index (χ3n) is 6.65. The van der Waals surface area contributed by atoms with E-state index in [1.54, 1.807) is 43.3 Å². The van der Waals surface area contributed by atoms with Gasteiger partial charge in [0.15, 0.2) is 12.4 Å². The van der Waals surface area contributed by atoms with Gasteiger partial charge in [0.2, 0.25) is 17.4 Å². The van der Waals surface area contributed by atoms with Crippen LogP contribution in [-0.2, 0) is 19.1 Å². The van der Waals surface area contributed by atoms with Crippen molar-refractivity contribution < 1.29 is 33.1 Å². The highest BCUT2D eigenvalue weighted by Gasteiger charge is 2.61. The molecule has 1 atom stereocenters. The Kier molecular flexibility index (Phi) is 5.64. The number of benzene rings is 2. The van der Waals surface area contributed by atoms with Crippen LogP contribution in [0.25, 0.3) is 11.0 Å². The Morgan fingerprint density at radius 3 is 2.60 bits per heavy atom. The molecule has 3 heterocycles. The zero-order valence-corrected chi connectivity index (χ0v) is 19.4. The summed E-state index contributed by atoms with van der Waals surface area (Å²) in [5.41, 5.74) is 0.193. The van der Waals surface area contributed by atoms with E-state index in [1.165, 1.54) is 16.9 Å². The minimum absolute atomic E-state index is 0.0479. The molecule has 9 nitrogen and oxygen atoms in total. The van der Waals surface area contributed by atoms with E-state index in [9.17, 15) is 19.2 Å². The summed E-state index contributed by atoms with van der Waals surface area (Å²) in [4.78, 5) is 55.6. The third kappa shape index (κ3) is 3.42. The summed E-state index contributed by atoms with van der Waals surface area (Å²) in [6, 6.07) is 13.9. The van der Waals surface area contributed by atoms with Gasteiger partial charge in [0.25, 0.3) is 5.91 Å². The predicted octanol–water partition coefficient (Wildman–Crippen LogP) is 3.09. The van der Waals surface area contributed by atoms with Gasteiger partial charge in [-0.3, -0.25) is 19.3 Å². The molecule has 1 unspecified atom stereocenters. The number of carbonyl (C=O) groups is 4. The Bertz CT molecular complexity index is 1360. The van der Waals surface area contributed by atoms with Crippen molar-refractivity contribution in [2.45, 2.75) is 25.4 Å². The number of Topliss-reactive ketones (excluding diaryl/α,β-unsaturated/α-hetero) is 1. The number of aryl methyl sites for hydroxylation is 1. The van der Waals surface area contributed by atoms with Crippen LogP contribution in [0.1, 0.15) is 39.3 Å². The van der Waals surface area contributed by atoms with Crippen molar-refractivity contribution in [2.24, 2.45) is 0 Å². The Morgan fingerprint density at radius 1 is 1.09 bits per heavy atom. The van der Waals surface area contributed by atoms with Crippen LogP contribution in [0, 0.1) is 6.92 Å². The fraction of sp³-hybridized carbons (Fsp3) is 0.308. The van der Waals surface area contributed by atoms with E-state index in [0.717, 1.165) is 5.39 Å². The van der Waals surface area contributed by atoms with E-state index in [1.807, 2.05) is 12.1 Å². The van der Waals surface area contributed by atoms with E-state index in [-0.39, 0.29) is 37.7 Å². The highest BCUT2D eigenvalue weighted by molar-refractivity contribution is 6.15. The quantitative estimate of drug-likeness (QED) is 0.381. The van der Waals surface area contributed by atoms with Gasteiger partial charge in [-0.15, -0.1) is 0 Å². The fourth-order valence-corrected chi connectivity index (χ4v) is 4.99. The monoisotopic (exact) mass is 476 g/mol. The van der Waals surface area contributed by atoms with Crippen molar-refractivity contribution in [3.05, 3.63) is 65.4 Å². The molecule has 0 N–H and O–H groups in total. The molecule has 3 aromatic rings. The zero-order chi connectivity index (χ0) is 24.7. The number of amides is 2. The van der Waals surface area contributed by atoms with Crippen molar-refractivity contribution in [3.8, 4) is 0 Å². The summed E-state index contributed by atoms with van der Waals surface area (Å²) < 4.78 is 16.4. The molecule has 1 saturated heterocycles. The lowest BCUT2D eigenvalue weighted by Crippen LogP contribution is -2.69. The Morgan fingerprint density at radius 2 is 1.83 bits per heavy atom.